The molecule has 1 aliphatic carbocycles. The largest absolute Gasteiger partial charge is 0.389 e. The van der Waals surface area contributed by atoms with E-state index in [-0.39, 0.29) is 22.3 Å². The molecule has 1 aromatic rings. The Kier molecular flexibility index (Phi) is 4.91. The van der Waals surface area contributed by atoms with E-state index in [1.165, 1.54) is 18.6 Å². The molecule has 0 aliphatic heterocycles. The van der Waals surface area contributed by atoms with Crippen molar-refractivity contribution in [2.24, 2.45) is 11.7 Å². The number of nitrogens with two attached hydrogens (primary N) is 1. The lowest BCUT2D eigenvalue weighted by Crippen LogP contribution is -2.27. The second kappa shape index (κ2) is 6.48. The predicted octanol–water partition coefficient (Wildman–Crippen LogP) is 3.98. The minimum absolute atomic E-state index is 0.0434. The van der Waals surface area contributed by atoms with Crippen LogP contribution in [0, 0.1) is 17.6 Å². The van der Waals surface area contributed by atoms with E-state index in [4.69, 9.17) is 18.0 Å². The summed E-state index contributed by atoms with van der Waals surface area (Å²) in [6, 6.07) is 3.16. The summed E-state index contributed by atoms with van der Waals surface area (Å²) in [5.74, 6) is -1.19. The first kappa shape index (κ1) is 15.2. The highest BCUT2D eigenvalue weighted by atomic mass is 32.1. The second-order valence-corrected chi connectivity index (χ2v) is 5.87. The van der Waals surface area contributed by atoms with Gasteiger partial charge in [-0.25, -0.2) is 8.78 Å². The summed E-state index contributed by atoms with van der Waals surface area (Å²) in [6.45, 7) is 2.17. The van der Waals surface area contributed by atoms with Crippen LogP contribution < -0.4 is 11.1 Å². The molecule has 0 aromatic heterocycles. The summed E-state index contributed by atoms with van der Waals surface area (Å²) < 4.78 is 27.8. The number of halogens is 2. The lowest BCUT2D eigenvalue weighted by atomic mass is 9.84. The van der Waals surface area contributed by atoms with Gasteiger partial charge in [0.1, 0.15) is 4.99 Å². The Morgan fingerprint density at radius 2 is 2.10 bits per heavy atom. The summed E-state index contributed by atoms with van der Waals surface area (Å²) in [5.41, 5.74) is 5.51. The molecular formula is C15H20F2N2S. The van der Waals surface area contributed by atoms with Crippen LogP contribution in [0.4, 0.5) is 14.5 Å². The van der Waals surface area contributed by atoms with Crippen LogP contribution in [0.2, 0.25) is 0 Å². The highest BCUT2D eigenvalue weighted by Crippen LogP contribution is 2.30. The summed E-state index contributed by atoms with van der Waals surface area (Å²) in [7, 11) is 0. The van der Waals surface area contributed by atoms with Crippen LogP contribution >= 0.6 is 12.2 Å². The van der Waals surface area contributed by atoms with E-state index in [9.17, 15) is 8.78 Å². The number of hydrogen-bond donors (Lipinski definition) is 2. The van der Waals surface area contributed by atoms with Gasteiger partial charge in [-0.2, -0.15) is 0 Å². The zero-order chi connectivity index (χ0) is 14.7. The van der Waals surface area contributed by atoms with Gasteiger partial charge in [0, 0.05) is 11.6 Å². The lowest BCUT2D eigenvalue weighted by molar-refractivity contribution is 0.326. The van der Waals surface area contributed by atoms with Gasteiger partial charge in [0.15, 0.2) is 11.6 Å². The predicted molar refractivity (Wildman–Crippen MR) is 81.9 cm³/mol. The fraction of sp³-hybridized carbons (Fsp3) is 0.533. The molecule has 0 bridgehead atoms. The number of thiocarbonyl (C=S) groups is 1. The Morgan fingerprint density at radius 1 is 1.35 bits per heavy atom. The highest BCUT2D eigenvalue weighted by Gasteiger charge is 2.22. The van der Waals surface area contributed by atoms with Crippen LogP contribution in [-0.4, -0.2) is 11.0 Å². The summed E-state index contributed by atoms with van der Waals surface area (Å²) in [5, 5.41) is 3.12. The first-order valence-corrected chi connectivity index (χ1v) is 7.48. The molecule has 0 heterocycles. The van der Waals surface area contributed by atoms with Crippen molar-refractivity contribution >= 4 is 22.9 Å². The molecule has 1 fully saturated rings. The molecule has 2 unspecified atom stereocenters. The Labute approximate surface area is 123 Å². The minimum Gasteiger partial charge on any atom is -0.389 e. The lowest BCUT2D eigenvalue weighted by Gasteiger charge is -2.30. The van der Waals surface area contributed by atoms with Crippen LogP contribution in [0.3, 0.4) is 0 Å². The molecule has 1 saturated carbocycles. The van der Waals surface area contributed by atoms with Crippen molar-refractivity contribution in [2.45, 2.75) is 45.1 Å². The Morgan fingerprint density at radius 3 is 2.75 bits per heavy atom. The van der Waals surface area contributed by atoms with Gasteiger partial charge in [0.25, 0.3) is 0 Å². The standard InChI is InChI=1S/C15H20F2N2S/c1-2-9-4-3-5-10(8-9)19-12-7-6-11(15(18)20)13(16)14(12)17/h6-7,9-10,19H,2-5,8H2,1H3,(H2,18,20). The van der Waals surface area contributed by atoms with Gasteiger partial charge in [-0.15, -0.1) is 0 Å². The van der Waals surface area contributed by atoms with E-state index < -0.39 is 11.6 Å². The van der Waals surface area contributed by atoms with Crippen LogP contribution in [0.5, 0.6) is 0 Å². The van der Waals surface area contributed by atoms with E-state index in [0.29, 0.717) is 5.92 Å². The average Bonchev–Trinajstić information content (AvgIpc) is 2.44. The van der Waals surface area contributed by atoms with E-state index in [2.05, 4.69) is 12.2 Å². The molecule has 2 atom stereocenters. The van der Waals surface area contributed by atoms with Crippen LogP contribution in [-0.2, 0) is 0 Å². The van der Waals surface area contributed by atoms with Gasteiger partial charge in [-0.3, -0.25) is 0 Å². The molecule has 2 nitrogen and oxygen atoms in total. The van der Waals surface area contributed by atoms with Gasteiger partial charge in [0.05, 0.1) is 5.69 Å². The van der Waals surface area contributed by atoms with Crippen LogP contribution in [0.25, 0.3) is 0 Å². The normalized spacial score (nSPS) is 22.6. The first-order chi connectivity index (χ1) is 9.52. The zero-order valence-corrected chi connectivity index (χ0v) is 12.4. The maximum absolute atomic E-state index is 14.0. The quantitative estimate of drug-likeness (QED) is 0.826. The maximum Gasteiger partial charge on any atom is 0.182 e. The first-order valence-electron chi connectivity index (χ1n) is 7.07. The average molecular weight is 298 g/mol. The van der Waals surface area contributed by atoms with Gasteiger partial charge in [-0.05, 0) is 30.9 Å². The number of rotatable bonds is 4. The molecular weight excluding hydrogens is 278 g/mol. The van der Waals surface area contributed by atoms with Crippen molar-refractivity contribution < 1.29 is 8.78 Å². The molecule has 0 amide bonds. The smallest absolute Gasteiger partial charge is 0.182 e. The Balaban J connectivity index is 2.14. The summed E-state index contributed by atoms with van der Waals surface area (Å²) in [4.78, 5) is -0.128. The fourth-order valence-corrected chi connectivity index (χ4v) is 3.02. The van der Waals surface area contributed by atoms with Gasteiger partial charge in [0.2, 0.25) is 0 Å². The van der Waals surface area contributed by atoms with Crippen LogP contribution in [0.1, 0.15) is 44.6 Å². The molecule has 0 saturated heterocycles. The third-order valence-electron chi connectivity index (χ3n) is 4.07. The van der Waals surface area contributed by atoms with Gasteiger partial charge >= 0.3 is 0 Å². The van der Waals surface area contributed by atoms with E-state index in [0.717, 1.165) is 25.7 Å². The van der Waals surface area contributed by atoms with Crippen molar-refractivity contribution in [2.75, 3.05) is 5.32 Å². The zero-order valence-electron chi connectivity index (χ0n) is 11.6. The number of anilines is 1. The van der Waals surface area contributed by atoms with Crippen LogP contribution in [0.15, 0.2) is 12.1 Å². The molecule has 110 valence electrons. The van der Waals surface area contributed by atoms with Crippen molar-refractivity contribution in [3.8, 4) is 0 Å². The van der Waals surface area contributed by atoms with Crippen molar-refractivity contribution in [3.63, 3.8) is 0 Å². The second-order valence-electron chi connectivity index (χ2n) is 5.44. The van der Waals surface area contributed by atoms with Gasteiger partial charge in [-0.1, -0.05) is 38.4 Å². The SMILES string of the molecule is CCC1CCCC(Nc2ccc(C(N)=S)c(F)c2F)C1. The molecule has 1 aliphatic rings. The number of hydrogen-bond acceptors (Lipinski definition) is 2. The van der Waals surface area contributed by atoms with E-state index in [1.807, 2.05) is 0 Å². The molecule has 0 radical (unpaired) electrons. The molecule has 1 aromatic carbocycles. The maximum atomic E-state index is 14.0. The topological polar surface area (TPSA) is 38.0 Å². The minimum atomic E-state index is -0.967. The number of benzene rings is 1. The van der Waals surface area contributed by atoms with E-state index in [1.54, 1.807) is 0 Å². The Hall–Kier alpha value is -1.23. The molecule has 0 spiro atoms. The fourth-order valence-electron chi connectivity index (χ4n) is 2.86. The van der Waals surface area contributed by atoms with Crippen molar-refractivity contribution in [3.05, 3.63) is 29.3 Å². The van der Waals surface area contributed by atoms with Gasteiger partial charge < -0.3 is 11.1 Å². The Bertz CT molecular complexity index is 505. The van der Waals surface area contributed by atoms with E-state index >= 15 is 0 Å². The summed E-state index contributed by atoms with van der Waals surface area (Å²) >= 11 is 4.70. The number of nitrogens with one attached hydrogen (secondary N) is 1. The highest BCUT2D eigenvalue weighted by molar-refractivity contribution is 7.80. The molecule has 20 heavy (non-hydrogen) atoms. The molecule has 2 rings (SSSR count). The third-order valence-corrected chi connectivity index (χ3v) is 4.29. The molecule has 5 heteroatoms. The van der Waals surface area contributed by atoms with Crippen molar-refractivity contribution in [1.82, 2.24) is 0 Å². The molecule has 3 N–H and O–H groups in total. The third kappa shape index (κ3) is 3.26. The monoisotopic (exact) mass is 298 g/mol. The summed E-state index contributed by atoms with van der Waals surface area (Å²) in [6.07, 6.45) is 5.50. The van der Waals surface area contributed by atoms with Crippen molar-refractivity contribution in [1.29, 1.82) is 0 Å².